The quantitative estimate of drug-likeness (QED) is 0.776. The Morgan fingerprint density at radius 3 is 2.38 bits per heavy atom. The molecule has 1 N–H and O–H groups in total. The van der Waals surface area contributed by atoms with Crippen LogP contribution in [0.5, 0.6) is 0 Å². The number of carboxylic acids is 1. The molecule has 0 aliphatic rings. The fourth-order valence-corrected chi connectivity index (χ4v) is 1.02. The summed E-state index contributed by atoms with van der Waals surface area (Å²) in [7, 11) is 1.29. The minimum absolute atomic E-state index is 0.399. The lowest BCUT2D eigenvalue weighted by atomic mass is 10.1. The Morgan fingerprint density at radius 2 is 2.00 bits per heavy atom. The molecule has 0 aliphatic carbocycles. The summed E-state index contributed by atoms with van der Waals surface area (Å²) < 4.78 is 17.2. The molecule has 3 nitrogen and oxygen atoms in total. The van der Waals surface area contributed by atoms with E-state index in [9.17, 15) is 9.18 Å². The zero-order chi connectivity index (χ0) is 9.84. The van der Waals surface area contributed by atoms with E-state index >= 15 is 0 Å². The van der Waals surface area contributed by atoms with Crippen molar-refractivity contribution >= 4 is 5.97 Å². The fraction of sp³-hybridized carbons (Fsp3) is 0.222. The largest absolute Gasteiger partial charge is 0.479 e. The van der Waals surface area contributed by atoms with Gasteiger partial charge >= 0.3 is 5.97 Å². The van der Waals surface area contributed by atoms with Gasteiger partial charge in [0.05, 0.1) is 0 Å². The second-order valence-electron chi connectivity index (χ2n) is 2.51. The maximum atomic E-state index is 12.5. The fourth-order valence-electron chi connectivity index (χ4n) is 1.02. The van der Waals surface area contributed by atoms with Crippen LogP contribution in [0.1, 0.15) is 11.7 Å². The summed E-state index contributed by atoms with van der Waals surface area (Å²) in [4.78, 5) is 10.6. The molecule has 0 saturated heterocycles. The van der Waals surface area contributed by atoms with Gasteiger partial charge in [0.1, 0.15) is 5.82 Å². The van der Waals surface area contributed by atoms with Crippen LogP contribution in [0.15, 0.2) is 24.3 Å². The highest BCUT2D eigenvalue weighted by atomic mass is 19.1. The van der Waals surface area contributed by atoms with E-state index < -0.39 is 17.9 Å². The number of carbonyl (C=O) groups is 1. The van der Waals surface area contributed by atoms with Crippen LogP contribution in [0.4, 0.5) is 4.39 Å². The van der Waals surface area contributed by atoms with Crippen LogP contribution in [0.25, 0.3) is 0 Å². The van der Waals surface area contributed by atoms with Gasteiger partial charge in [-0.15, -0.1) is 0 Å². The van der Waals surface area contributed by atoms with Crippen molar-refractivity contribution in [3.8, 4) is 0 Å². The number of hydrogen-bond acceptors (Lipinski definition) is 2. The predicted molar refractivity (Wildman–Crippen MR) is 43.8 cm³/mol. The van der Waals surface area contributed by atoms with E-state index in [-0.39, 0.29) is 0 Å². The average Bonchev–Trinajstić information content (AvgIpc) is 2.09. The van der Waals surface area contributed by atoms with Gasteiger partial charge in [0.25, 0.3) is 0 Å². The maximum Gasteiger partial charge on any atom is 0.337 e. The van der Waals surface area contributed by atoms with Gasteiger partial charge in [0.15, 0.2) is 6.10 Å². The van der Waals surface area contributed by atoms with Crippen molar-refractivity contribution in [2.24, 2.45) is 0 Å². The molecule has 0 fully saturated rings. The minimum Gasteiger partial charge on any atom is -0.479 e. The molecular formula is C9H9FO3. The number of hydrogen-bond donors (Lipinski definition) is 1. The van der Waals surface area contributed by atoms with Gasteiger partial charge in [-0.2, -0.15) is 0 Å². The van der Waals surface area contributed by atoms with E-state index in [0.29, 0.717) is 5.56 Å². The van der Waals surface area contributed by atoms with E-state index in [2.05, 4.69) is 0 Å². The number of benzene rings is 1. The Labute approximate surface area is 74.8 Å². The number of methoxy groups -OCH3 is 1. The van der Waals surface area contributed by atoms with E-state index in [1.54, 1.807) is 0 Å². The summed E-state index contributed by atoms with van der Waals surface area (Å²) >= 11 is 0. The summed E-state index contributed by atoms with van der Waals surface area (Å²) in [6.07, 6.45) is -1.03. The van der Waals surface area contributed by atoms with E-state index in [1.807, 2.05) is 0 Å². The molecule has 0 aromatic heterocycles. The predicted octanol–water partition coefficient (Wildman–Crippen LogP) is 1.60. The van der Waals surface area contributed by atoms with Crippen LogP contribution in [0, 0.1) is 5.82 Å². The van der Waals surface area contributed by atoms with E-state index in [4.69, 9.17) is 9.84 Å². The highest BCUT2D eigenvalue weighted by molar-refractivity contribution is 5.74. The molecule has 1 aromatic rings. The molecule has 1 unspecified atom stereocenters. The monoisotopic (exact) mass is 184 g/mol. The Morgan fingerprint density at radius 1 is 1.46 bits per heavy atom. The van der Waals surface area contributed by atoms with Crippen LogP contribution in [0.2, 0.25) is 0 Å². The molecule has 13 heavy (non-hydrogen) atoms. The topological polar surface area (TPSA) is 46.5 Å². The molecule has 0 aliphatic heterocycles. The highest BCUT2D eigenvalue weighted by Crippen LogP contribution is 2.16. The lowest BCUT2D eigenvalue weighted by Crippen LogP contribution is -2.13. The number of carboxylic acid groups (broad SMARTS) is 1. The Balaban J connectivity index is 2.92. The molecule has 0 saturated carbocycles. The third kappa shape index (κ3) is 2.26. The Kier molecular flexibility index (Phi) is 2.97. The van der Waals surface area contributed by atoms with Gasteiger partial charge in [0, 0.05) is 7.11 Å². The van der Waals surface area contributed by atoms with Crippen LogP contribution >= 0.6 is 0 Å². The van der Waals surface area contributed by atoms with Crippen molar-refractivity contribution in [2.75, 3.05) is 7.11 Å². The lowest BCUT2D eigenvalue weighted by molar-refractivity contribution is -0.148. The van der Waals surface area contributed by atoms with Crippen LogP contribution < -0.4 is 0 Å². The molecule has 1 rings (SSSR count). The first-order valence-electron chi connectivity index (χ1n) is 3.66. The van der Waals surface area contributed by atoms with Gasteiger partial charge in [-0.1, -0.05) is 12.1 Å². The van der Waals surface area contributed by atoms with Crippen LogP contribution in [-0.4, -0.2) is 18.2 Å². The third-order valence-corrected chi connectivity index (χ3v) is 1.63. The standard InChI is InChI=1S/C9H9FO3/c1-13-8(9(11)12)6-2-4-7(10)5-3-6/h2-5,8H,1H3,(H,11,12). The second kappa shape index (κ2) is 4.00. The number of rotatable bonds is 3. The molecule has 0 radical (unpaired) electrons. The Hall–Kier alpha value is -1.42. The molecular weight excluding hydrogens is 175 g/mol. The molecule has 70 valence electrons. The average molecular weight is 184 g/mol. The normalized spacial score (nSPS) is 12.5. The van der Waals surface area contributed by atoms with Crippen molar-refractivity contribution in [1.29, 1.82) is 0 Å². The third-order valence-electron chi connectivity index (χ3n) is 1.63. The van der Waals surface area contributed by atoms with Crippen molar-refractivity contribution in [3.63, 3.8) is 0 Å². The smallest absolute Gasteiger partial charge is 0.337 e. The molecule has 0 bridgehead atoms. The van der Waals surface area contributed by atoms with Gasteiger partial charge in [0.2, 0.25) is 0 Å². The van der Waals surface area contributed by atoms with Crippen molar-refractivity contribution in [3.05, 3.63) is 35.6 Å². The number of halogens is 1. The highest BCUT2D eigenvalue weighted by Gasteiger charge is 2.18. The van der Waals surface area contributed by atoms with Crippen molar-refractivity contribution < 1.29 is 19.0 Å². The van der Waals surface area contributed by atoms with Crippen LogP contribution in [0.3, 0.4) is 0 Å². The number of ether oxygens (including phenoxy) is 1. The summed E-state index contributed by atoms with van der Waals surface area (Å²) in [6.45, 7) is 0. The van der Waals surface area contributed by atoms with Crippen molar-refractivity contribution in [1.82, 2.24) is 0 Å². The summed E-state index contributed by atoms with van der Waals surface area (Å²) in [5.41, 5.74) is 0.427. The second-order valence-corrected chi connectivity index (χ2v) is 2.51. The summed E-state index contributed by atoms with van der Waals surface area (Å²) in [5.74, 6) is -1.49. The first-order chi connectivity index (χ1) is 6.15. The first-order valence-corrected chi connectivity index (χ1v) is 3.66. The van der Waals surface area contributed by atoms with Crippen molar-refractivity contribution in [2.45, 2.75) is 6.10 Å². The molecule has 0 amide bonds. The molecule has 0 spiro atoms. The minimum atomic E-state index is -1.09. The SMILES string of the molecule is COC(C(=O)O)c1ccc(F)cc1. The van der Waals surface area contributed by atoms with Gasteiger partial charge < -0.3 is 9.84 Å². The first kappa shape index (κ1) is 9.67. The molecule has 1 aromatic carbocycles. The molecule has 4 heteroatoms. The maximum absolute atomic E-state index is 12.5. The molecule has 0 heterocycles. The van der Waals surface area contributed by atoms with Crippen LogP contribution in [-0.2, 0) is 9.53 Å². The summed E-state index contributed by atoms with van der Waals surface area (Å²) in [5, 5.41) is 8.68. The Bertz CT molecular complexity index is 294. The zero-order valence-electron chi connectivity index (χ0n) is 7.03. The van der Waals surface area contributed by atoms with Gasteiger partial charge in [-0.25, -0.2) is 9.18 Å². The van der Waals surface area contributed by atoms with Gasteiger partial charge in [-0.05, 0) is 17.7 Å². The molecule has 1 atom stereocenters. The van der Waals surface area contributed by atoms with E-state index in [1.165, 1.54) is 31.4 Å². The summed E-state index contributed by atoms with van der Waals surface area (Å²) in [6, 6.07) is 5.17. The van der Waals surface area contributed by atoms with E-state index in [0.717, 1.165) is 0 Å². The zero-order valence-corrected chi connectivity index (χ0v) is 7.03. The number of aliphatic carboxylic acids is 1. The van der Waals surface area contributed by atoms with Gasteiger partial charge in [-0.3, -0.25) is 0 Å². The lowest BCUT2D eigenvalue weighted by Gasteiger charge is -2.09.